The second kappa shape index (κ2) is 10.6. The highest BCUT2D eigenvalue weighted by molar-refractivity contribution is 6.36. The van der Waals surface area contributed by atoms with Crippen LogP contribution in [0.1, 0.15) is 0 Å². The number of benzene rings is 9. The van der Waals surface area contributed by atoms with Gasteiger partial charge >= 0.3 is 0 Å². The van der Waals surface area contributed by atoms with E-state index in [9.17, 15) is 0 Å². The predicted octanol–water partition coefficient (Wildman–Crippen LogP) is 13.3. The van der Waals surface area contributed by atoms with E-state index in [1.807, 2.05) is 6.07 Å². The molecule has 2 heteroatoms. The maximum absolute atomic E-state index is 6.38. The van der Waals surface area contributed by atoms with Crippen LogP contribution in [0.15, 0.2) is 180 Å². The summed E-state index contributed by atoms with van der Waals surface area (Å²) in [6, 6.07) is 63.3. The minimum atomic E-state index is 0.915. The Morgan fingerprint density at radius 2 is 0.917 bits per heavy atom. The van der Waals surface area contributed by atoms with E-state index >= 15 is 0 Å². The molecule has 0 amide bonds. The molecule has 1 heterocycles. The van der Waals surface area contributed by atoms with Crippen molar-refractivity contribution in [3.05, 3.63) is 176 Å². The van der Waals surface area contributed by atoms with Crippen LogP contribution in [-0.2, 0) is 0 Å². The molecule has 48 heavy (non-hydrogen) atoms. The van der Waals surface area contributed by atoms with Gasteiger partial charge in [0.15, 0.2) is 0 Å². The number of fused-ring (bicyclic) bond motifs is 11. The zero-order valence-electron chi connectivity index (χ0n) is 26.1. The van der Waals surface area contributed by atoms with E-state index < -0.39 is 0 Å². The number of hydrogen-bond donors (Lipinski definition) is 0. The molecule has 0 unspecified atom stereocenters. The van der Waals surface area contributed by atoms with Crippen LogP contribution in [-0.4, -0.2) is 0 Å². The maximum atomic E-state index is 6.38. The van der Waals surface area contributed by atoms with Gasteiger partial charge in [-0.2, -0.15) is 0 Å². The molecular formula is C46H29NO. The number of nitrogens with zero attached hydrogens (tertiary/aromatic N) is 1. The van der Waals surface area contributed by atoms with Gasteiger partial charge in [-0.3, -0.25) is 0 Å². The fourth-order valence-corrected chi connectivity index (χ4v) is 7.74. The van der Waals surface area contributed by atoms with Crippen LogP contribution >= 0.6 is 0 Å². The third-order valence-electron chi connectivity index (χ3n) is 9.80. The van der Waals surface area contributed by atoms with Crippen molar-refractivity contribution in [2.45, 2.75) is 0 Å². The molecule has 10 aromatic rings. The largest absolute Gasteiger partial charge is 0.456 e. The zero-order valence-corrected chi connectivity index (χ0v) is 26.1. The average molecular weight is 612 g/mol. The molecule has 0 aliphatic rings. The molecule has 224 valence electrons. The minimum Gasteiger partial charge on any atom is -0.456 e. The number of furan rings is 1. The van der Waals surface area contributed by atoms with Crippen LogP contribution < -0.4 is 4.90 Å². The molecule has 1 aromatic heterocycles. The van der Waals surface area contributed by atoms with Crippen molar-refractivity contribution in [1.29, 1.82) is 0 Å². The topological polar surface area (TPSA) is 16.4 Å². The summed E-state index contributed by atoms with van der Waals surface area (Å²) >= 11 is 0. The van der Waals surface area contributed by atoms with Crippen molar-refractivity contribution in [2.75, 3.05) is 4.90 Å². The zero-order chi connectivity index (χ0) is 31.6. The SMILES string of the molecule is c1ccc(-c2cccc(N(c3cccc4ccccc34)c3cccc4c5ccc6oc7ccccc7c6c5c5ccccc5c34)c2)cc1. The molecule has 10 rings (SSSR count). The van der Waals surface area contributed by atoms with Gasteiger partial charge in [0.05, 0.1) is 11.4 Å². The number of para-hydroxylation sites is 1. The molecule has 0 fully saturated rings. The summed E-state index contributed by atoms with van der Waals surface area (Å²) in [7, 11) is 0. The third kappa shape index (κ3) is 4.00. The quantitative estimate of drug-likeness (QED) is 0.184. The molecule has 0 aliphatic carbocycles. The highest BCUT2D eigenvalue weighted by Crippen LogP contribution is 2.48. The molecule has 0 radical (unpaired) electrons. The van der Waals surface area contributed by atoms with E-state index in [-0.39, 0.29) is 0 Å². The summed E-state index contributed by atoms with van der Waals surface area (Å²) < 4.78 is 6.38. The van der Waals surface area contributed by atoms with Crippen molar-refractivity contribution in [2.24, 2.45) is 0 Å². The lowest BCUT2D eigenvalue weighted by molar-refractivity contribution is 0.669. The van der Waals surface area contributed by atoms with Crippen molar-refractivity contribution < 1.29 is 4.42 Å². The van der Waals surface area contributed by atoms with E-state index in [1.54, 1.807) is 0 Å². The lowest BCUT2D eigenvalue weighted by atomic mass is 9.90. The second-order valence-electron chi connectivity index (χ2n) is 12.5. The van der Waals surface area contributed by atoms with Crippen LogP contribution in [0.4, 0.5) is 17.1 Å². The number of anilines is 3. The molecule has 0 saturated carbocycles. The fourth-order valence-electron chi connectivity index (χ4n) is 7.74. The van der Waals surface area contributed by atoms with Crippen LogP contribution in [0, 0.1) is 0 Å². The first-order chi connectivity index (χ1) is 23.8. The monoisotopic (exact) mass is 611 g/mol. The smallest absolute Gasteiger partial charge is 0.136 e. The molecular weight excluding hydrogens is 583 g/mol. The summed E-state index contributed by atoms with van der Waals surface area (Å²) in [6.07, 6.45) is 0. The lowest BCUT2D eigenvalue weighted by Crippen LogP contribution is -2.11. The fraction of sp³-hybridized carbons (Fsp3) is 0. The number of hydrogen-bond acceptors (Lipinski definition) is 2. The lowest BCUT2D eigenvalue weighted by Gasteiger charge is -2.29. The molecule has 0 N–H and O–H groups in total. The summed E-state index contributed by atoms with van der Waals surface area (Å²) in [5, 5.41) is 12.1. The van der Waals surface area contributed by atoms with E-state index in [0.717, 1.165) is 33.6 Å². The van der Waals surface area contributed by atoms with Crippen LogP contribution in [0.2, 0.25) is 0 Å². The molecule has 0 atom stereocenters. The van der Waals surface area contributed by atoms with Crippen LogP contribution in [0.3, 0.4) is 0 Å². The molecule has 0 aliphatic heterocycles. The molecule has 9 aromatic carbocycles. The Hall–Kier alpha value is -6.38. The van der Waals surface area contributed by atoms with Crippen LogP contribution in [0.25, 0.3) is 76.2 Å². The Morgan fingerprint density at radius 1 is 0.333 bits per heavy atom. The minimum absolute atomic E-state index is 0.915. The molecule has 0 saturated heterocycles. The van der Waals surface area contributed by atoms with E-state index in [4.69, 9.17) is 4.42 Å². The first kappa shape index (κ1) is 26.8. The molecule has 0 spiro atoms. The Labute approximate surface area is 277 Å². The Kier molecular flexibility index (Phi) is 5.91. The van der Waals surface area contributed by atoms with Gasteiger partial charge in [-0.25, -0.2) is 0 Å². The summed E-state index contributed by atoms with van der Waals surface area (Å²) in [5.74, 6) is 0. The third-order valence-corrected chi connectivity index (χ3v) is 9.80. The summed E-state index contributed by atoms with van der Waals surface area (Å²) in [4.78, 5) is 2.46. The highest BCUT2D eigenvalue weighted by Gasteiger charge is 2.22. The van der Waals surface area contributed by atoms with E-state index in [0.29, 0.717) is 0 Å². The summed E-state index contributed by atoms with van der Waals surface area (Å²) in [6.45, 7) is 0. The second-order valence-corrected chi connectivity index (χ2v) is 12.5. The maximum Gasteiger partial charge on any atom is 0.136 e. The van der Waals surface area contributed by atoms with Crippen LogP contribution in [0.5, 0.6) is 0 Å². The number of rotatable bonds is 4. The molecule has 0 bridgehead atoms. The Bertz CT molecular complexity index is 2810. The summed E-state index contributed by atoms with van der Waals surface area (Å²) in [5.41, 5.74) is 7.61. The van der Waals surface area contributed by atoms with Crippen molar-refractivity contribution >= 4 is 82.1 Å². The van der Waals surface area contributed by atoms with Crippen molar-refractivity contribution in [3.8, 4) is 11.1 Å². The van der Waals surface area contributed by atoms with Gasteiger partial charge in [-0.1, -0.05) is 133 Å². The van der Waals surface area contributed by atoms with Gasteiger partial charge in [-0.05, 0) is 80.5 Å². The standard InChI is InChI=1S/C46H29NO/c1-2-13-30(14-3-1)32-17-10-18-33(29-32)47(40-24-11-16-31-15-4-5-19-34(31)40)41-25-12-23-36-38-27-28-43-46(39-22-8-9-26-42(39)48-43)45(38)37-21-7-6-20-35(37)44(36)41/h1-29H. The van der Waals surface area contributed by atoms with Gasteiger partial charge in [-0.15, -0.1) is 0 Å². The van der Waals surface area contributed by atoms with E-state index in [1.165, 1.54) is 59.6 Å². The van der Waals surface area contributed by atoms with E-state index in [2.05, 4.69) is 175 Å². The Balaban J connectivity index is 1.35. The van der Waals surface area contributed by atoms with Gasteiger partial charge in [0.1, 0.15) is 11.2 Å². The van der Waals surface area contributed by atoms with Gasteiger partial charge in [0, 0.05) is 32.6 Å². The first-order valence-corrected chi connectivity index (χ1v) is 16.4. The van der Waals surface area contributed by atoms with Crippen molar-refractivity contribution in [3.63, 3.8) is 0 Å². The first-order valence-electron chi connectivity index (χ1n) is 16.4. The average Bonchev–Trinajstić information content (AvgIpc) is 3.54. The van der Waals surface area contributed by atoms with Gasteiger partial charge < -0.3 is 9.32 Å². The van der Waals surface area contributed by atoms with Gasteiger partial charge in [0.25, 0.3) is 0 Å². The normalized spacial score (nSPS) is 11.8. The van der Waals surface area contributed by atoms with Crippen molar-refractivity contribution in [1.82, 2.24) is 0 Å². The predicted molar refractivity (Wildman–Crippen MR) is 204 cm³/mol. The Morgan fingerprint density at radius 3 is 1.77 bits per heavy atom. The molecule has 2 nitrogen and oxygen atoms in total. The highest BCUT2D eigenvalue weighted by atomic mass is 16.3. The van der Waals surface area contributed by atoms with Gasteiger partial charge in [0.2, 0.25) is 0 Å².